The molecule has 1 aromatic carbocycles. The maximum absolute atomic E-state index is 15.1. The van der Waals surface area contributed by atoms with Crippen LogP contribution in [0.15, 0.2) is 34.4 Å². The summed E-state index contributed by atoms with van der Waals surface area (Å²) in [5.74, 6) is -15.5. The van der Waals surface area contributed by atoms with Gasteiger partial charge in [0.05, 0.1) is 23.3 Å². The first kappa shape index (κ1) is 31.9. The van der Waals surface area contributed by atoms with E-state index in [9.17, 15) is 50.2 Å². The Balaban J connectivity index is 2.18. The quantitative estimate of drug-likeness (QED) is 0.142. The van der Waals surface area contributed by atoms with Crippen LogP contribution in [0.4, 0.5) is 40.8 Å². The van der Waals surface area contributed by atoms with E-state index in [1.165, 1.54) is 10.9 Å². The van der Waals surface area contributed by atoms with Crippen molar-refractivity contribution < 1.29 is 49.4 Å². The second kappa shape index (κ2) is 11.7. The number of rotatable bonds is 11. The summed E-state index contributed by atoms with van der Waals surface area (Å²) < 4.78 is 121. The first-order valence-corrected chi connectivity index (χ1v) is 13.3. The highest BCUT2D eigenvalue weighted by atomic mass is 32.2. The Kier molecular flexibility index (Phi) is 9.13. The highest BCUT2D eigenvalue weighted by Crippen LogP contribution is 2.52. The number of aromatic nitrogens is 5. The molecule has 2 N–H and O–H groups in total. The monoisotopic (exact) mass is 633 g/mol. The maximum Gasteiger partial charge on any atom is 0.460 e. The van der Waals surface area contributed by atoms with E-state index in [0.717, 1.165) is 0 Å². The van der Waals surface area contributed by atoms with Gasteiger partial charge in [0, 0.05) is 40.8 Å². The molecule has 21 heteroatoms. The number of amides is 1. The van der Waals surface area contributed by atoms with Gasteiger partial charge in [-0.3, -0.25) is 19.9 Å². The van der Waals surface area contributed by atoms with Gasteiger partial charge in [-0.15, -0.1) is 5.10 Å². The molecule has 11 nitrogen and oxygen atoms in total. The van der Waals surface area contributed by atoms with Crippen LogP contribution in [0.2, 0.25) is 0 Å². The van der Waals surface area contributed by atoms with Crippen molar-refractivity contribution in [2.75, 3.05) is 12.0 Å². The zero-order valence-corrected chi connectivity index (χ0v) is 21.8. The van der Waals surface area contributed by atoms with Crippen LogP contribution in [0.5, 0.6) is 0 Å². The smallest absolute Gasteiger partial charge is 0.460 e. The highest BCUT2D eigenvalue weighted by molar-refractivity contribution is 7.99. The number of carbonyl (C=O) groups excluding carboxylic acids is 1. The van der Waals surface area contributed by atoms with E-state index in [4.69, 9.17) is 5.73 Å². The molecule has 0 aliphatic heterocycles. The molecule has 0 aliphatic carbocycles. The Morgan fingerprint density at radius 2 is 1.83 bits per heavy atom. The number of non-ortho nitro benzene ring substituents is 1. The van der Waals surface area contributed by atoms with Crippen LogP contribution in [0.1, 0.15) is 22.3 Å². The van der Waals surface area contributed by atoms with Gasteiger partial charge in [-0.2, -0.15) is 30.7 Å². The Bertz CT molecular complexity index is 1470. The van der Waals surface area contributed by atoms with Crippen molar-refractivity contribution in [3.8, 4) is 11.3 Å². The van der Waals surface area contributed by atoms with Crippen LogP contribution < -0.4 is 5.73 Å². The largest absolute Gasteiger partial charge is 0.617 e. The molecule has 3 rings (SSSR count). The average Bonchev–Trinajstić information content (AvgIpc) is 3.29. The fraction of sp³-hybridized carbons (Fsp3) is 0.350. The number of tetrazole rings is 1. The van der Waals surface area contributed by atoms with Crippen LogP contribution in [0, 0.1) is 15.9 Å². The zero-order chi connectivity index (χ0) is 30.9. The number of nitro benzene ring substituents is 1. The summed E-state index contributed by atoms with van der Waals surface area (Å²) in [5.41, 5.74) is 0.0609. The van der Waals surface area contributed by atoms with Crippen molar-refractivity contribution in [3.63, 3.8) is 0 Å². The maximum atomic E-state index is 15.1. The first-order valence-electron chi connectivity index (χ1n) is 10.7. The second-order valence-corrected chi connectivity index (χ2v) is 10.6. The molecule has 0 saturated carbocycles. The van der Waals surface area contributed by atoms with Crippen molar-refractivity contribution in [1.29, 1.82) is 0 Å². The summed E-state index contributed by atoms with van der Waals surface area (Å²) >= 11 is -0.659. The number of hydrogen-bond donors (Lipinski definition) is 1. The van der Waals surface area contributed by atoms with Crippen molar-refractivity contribution in [1.82, 2.24) is 25.2 Å². The molecule has 2 aromatic heterocycles. The van der Waals surface area contributed by atoms with Gasteiger partial charge in [-0.25, -0.2) is 9.07 Å². The average molecular weight is 634 g/mol. The number of carbonyl (C=O) groups is 1. The van der Waals surface area contributed by atoms with E-state index in [2.05, 4.69) is 20.5 Å². The SMILES string of the molecule is C[S+]([O-])CCCn1nnnc1Sc1c(C(N)=O)cc([N+](=O)[O-])cc1-c1ncc(C(F)(F)C(F)(F)C(F)(F)F)cc1F. The summed E-state index contributed by atoms with van der Waals surface area (Å²) in [5, 5.41) is 22.2. The van der Waals surface area contributed by atoms with Gasteiger partial charge in [0.25, 0.3) is 5.69 Å². The molecular weight excluding hydrogens is 618 g/mol. The minimum atomic E-state index is -6.71. The third-order valence-corrected chi connectivity index (χ3v) is 7.24. The molecule has 1 unspecified atom stereocenters. The van der Waals surface area contributed by atoms with Crippen molar-refractivity contribution in [2.24, 2.45) is 5.73 Å². The number of nitrogens with zero attached hydrogens (tertiary/aromatic N) is 6. The lowest BCUT2D eigenvalue weighted by molar-refractivity contribution is -0.384. The molecule has 0 bridgehead atoms. The number of aryl methyl sites for hydroxylation is 1. The molecule has 1 amide bonds. The van der Waals surface area contributed by atoms with E-state index in [1.54, 1.807) is 0 Å². The van der Waals surface area contributed by atoms with Gasteiger partial charge in [-0.05, 0) is 28.3 Å². The number of nitro groups is 1. The number of benzene rings is 1. The molecule has 1 atom stereocenters. The van der Waals surface area contributed by atoms with Crippen LogP contribution in [0.3, 0.4) is 0 Å². The zero-order valence-electron chi connectivity index (χ0n) is 20.2. The number of primary amides is 1. The number of hydrogen-bond acceptors (Lipinski definition) is 9. The predicted molar refractivity (Wildman–Crippen MR) is 125 cm³/mol. The predicted octanol–water partition coefficient (Wildman–Crippen LogP) is 4.09. The van der Waals surface area contributed by atoms with E-state index in [0.29, 0.717) is 30.3 Å². The molecule has 0 fully saturated rings. The van der Waals surface area contributed by atoms with E-state index in [-0.39, 0.29) is 34.6 Å². The van der Waals surface area contributed by atoms with E-state index in [1.807, 2.05) is 0 Å². The van der Waals surface area contributed by atoms with Crippen molar-refractivity contribution in [2.45, 2.75) is 41.0 Å². The normalized spacial score (nSPS) is 13.3. The summed E-state index contributed by atoms with van der Waals surface area (Å²) in [6, 6.07) is 1.01. The number of nitrogens with two attached hydrogens (primary N) is 1. The van der Waals surface area contributed by atoms with Crippen LogP contribution >= 0.6 is 11.8 Å². The summed E-state index contributed by atoms with van der Waals surface area (Å²) in [6.45, 7) is 0.0902. The summed E-state index contributed by atoms with van der Waals surface area (Å²) in [7, 11) is 0. The van der Waals surface area contributed by atoms with Crippen LogP contribution in [-0.2, 0) is 23.6 Å². The number of halogens is 8. The van der Waals surface area contributed by atoms with Crippen molar-refractivity contribution in [3.05, 3.63) is 51.5 Å². The molecule has 0 radical (unpaired) electrons. The van der Waals surface area contributed by atoms with Gasteiger partial charge >= 0.3 is 18.0 Å². The minimum Gasteiger partial charge on any atom is -0.617 e. The fourth-order valence-corrected chi connectivity index (χ4v) is 4.84. The minimum absolute atomic E-state index is 0.0902. The Morgan fingerprint density at radius 3 is 2.37 bits per heavy atom. The lowest BCUT2D eigenvalue weighted by atomic mass is 10.0. The lowest BCUT2D eigenvalue weighted by Gasteiger charge is -2.28. The number of alkyl halides is 7. The Labute approximate surface area is 230 Å². The van der Waals surface area contributed by atoms with Crippen LogP contribution in [0.25, 0.3) is 11.3 Å². The molecule has 222 valence electrons. The first-order chi connectivity index (χ1) is 18.9. The third-order valence-electron chi connectivity index (χ3n) is 5.25. The molecule has 3 aromatic rings. The topological polar surface area (TPSA) is 166 Å². The summed E-state index contributed by atoms with van der Waals surface area (Å²) in [6.07, 6.45) is -5.11. The second-order valence-electron chi connectivity index (χ2n) is 8.11. The molecule has 0 saturated heterocycles. The molecular formula is C20H15F8N7O4S2. The third kappa shape index (κ3) is 6.50. The van der Waals surface area contributed by atoms with Crippen LogP contribution in [-0.4, -0.2) is 64.7 Å². The van der Waals surface area contributed by atoms with Gasteiger partial charge < -0.3 is 10.3 Å². The van der Waals surface area contributed by atoms with Gasteiger partial charge in [0.15, 0.2) is 0 Å². The fourth-order valence-electron chi connectivity index (χ4n) is 3.27. The lowest BCUT2D eigenvalue weighted by Crippen LogP contribution is -2.50. The van der Waals surface area contributed by atoms with Gasteiger partial charge in [-0.1, -0.05) is 11.2 Å². The highest BCUT2D eigenvalue weighted by Gasteiger charge is 2.73. The number of pyridine rings is 1. The standard InChI is InChI=1S/C20H15F8N7O4S2/c1-41(39)4-2-3-34-17(31-32-33-34)40-15-11(6-10(35(37)38)7-12(15)16(29)36)14-13(21)5-9(8-30-14)18(22,23)19(24,25)20(26,27)28/h5-8H,2-4H2,1H3,(H2,29,36). The van der Waals surface area contributed by atoms with E-state index >= 15 is 4.39 Å². The van der Waals surface area contributed by atoms with Gasteiger partial charge in [0.2, 0.25) is 11.1 Å². The Morgan fingerprint density at radius 1 is 1.17 bits per heavy atom. The summed E-state index contributed by atoms with van der Waals surface area (Å²) in [4.78, 5) is 25.5. The molecule has 2 heterocycles. The van der Waals surface area contributed by atoms with Crippen molar-refractivity contribution >= 4 is 34.5 Å². The van der Waals surface area contributed by atoms with E-state index < -0.39 is 73.9 Å². The Hall–Kier alpha value is -3.59. The molecule has 0 aliphatic rings. The molecule has 0 spiro atoms. The van der Waals surface area contributed by atoms with Gasteiger partial charge in [0.1, 0.15) is 17.3 Å². The molecule has 41 heavy (non-hydrogen) atoms.